The third-order valence-corrected chi connectivity index (χ3v) is 2.93. The van der Waals surface area contributed by atoms with E-state index in [4.69, 9.17) is 0 Å². The first-order valence-corrected chi connectivity index (χ1v) is 6.28. The van der Waals surface area contributed by atoms with E-state index >= 15 is 0 Å². The Bertz CT molecular complexity index is 706. The molecule has 1 aromatic carbocycles. The predicted octanol–water partition coefficient (Wildman–Crippen LogP) is 3.12. The van der Waals surface area contributed by atoms with Gasteiger partial charge in [-0.25, -0.2) is 0 Å². The summed E-state index contributed by atoms with van der Waals surface area (Å²) in [4.78, 5) is 16.0. The minimum atomic E-state index is -0.164. The van der Waals surface area contributed by atoms with Crippen molar-refractivity contribution in [3.63, 3.8) is 0 Å². The standard InChI is InChI=1S/C16H13N3O/c20-16(13-5-4-8-17-12-13)18-14-6-3-7-15(11-14)19-9-1-2-10-19/h1-12H,(H,18,20). The highest BCUT2D eigenvalue weighted by Crippen LogP contribution is 2.15. The predicted molar refractivity (Wildman–Crippen MR) is 78.0 cm³/mol. The maximum atomic E-state index is 12.1. The summed E-state index contributed by atoms with van der Waals surface area (Å²) in [7, 11) is 0. The van der Waals surface area contributed by atoms with Crippen LogP contribution in [0.4, 0.5) is 5.69 Å². The molecule has 20 heavy (non-hydrogen) atoms. The summed E-state index contributed by atoms with van der Waals surface area (Å²) in [5, 5.41) is 2.87. The lowest BCUT2D eigenvalue weighted by atomic mass is 10.2. The molecule has 0 aliphatic heterocycles. The second kappa shape index (κ2) is 5.40. The van der Waals surface area contributed by atoms with Crippen molar-refractivity contribution in [2.45, 2.75) is 0 Å². The third-order valence-electron chi connectivity index (χ3n) is 2.93. The van der Waals surface area contributed by atoms with Crippen molar-refractivity contribution < 1.29 is 4.79 Å². The number of pyridine rings is 1. The quantitative estimate of drug-likeness (QED) is 0.789. The monoisotopic (exact) mass is 263 g/mol. The van der Waals surface area contributed by atoms with E-state index in [1.54, 1.807) is 24.5 Å². The van der Waals surface area contributed by atoms with E-state index in [9.17, 15) is 4.79 Å². The molecule has 2 heterocycles. The average molecular weight is 263 g/mol. The number of carbonyl (C=O) groups excluding carboxylic acids is 1. The Kier molecular flexibility index (Phi) is 3.29. The van der Waals surface area contributed by atoms with E-state index in [0.717, 1.165) is 11.4 Å². The Labute approximate surface area is 116 Å². The molecule has 0 aliphatic rings. The number of amides is 1. The minimum absolute atomic E-state index is 0.164. The summed E-state index contributed by atoms with van der Waals surface area (Å²) in [6.45, 7) is 0. The van der Waals surface area contributed by atoms with Crippen LogP contribution < -0.4 is 5.32 Å². The smallest absolute Gasteiger partial charge is 0.257 e. The number of nitrogens with one attached hydrogen (secondary N) is 1. The van der Waals surface area contributed by atoms with Gasteiger partial charge >= 0.3 is 0 Å². The van der Waals surface area contributed by atoms with Crippen molar-refractivity contribution in [2.24, 2.45) is 0 Å². The van der Waals surface area contributed by atoms with Crippen LogP contribution in [0.1, 0.15) is 10.4 Å². The molecule has 0 bridgehead atoms. The molecule has 0 spiro atoms. The largest absolute Gasteiger partial charge is 0.324 e. The van der Waals surface area contributed by atoms with Gasteiger partial charge in [-0.1, -0.05) is 6.07 Å². The highest BCUT2D eigenvalue weighted by molar-refractivity contribution is 6.04. The van der Waals surface area contributed by atoms with Crippen LogP contribution >= 0.6 is 0 Å². The van der Waals surface area contributed by atoms with Gasteiger partial charge in [0.25, 0.3) is 5.91 Å². The zero-order valence-corrected chi connectivity index (χ0v) is 10.7. The fourth-order valence-electron chi connectivity index (χ4n) is 1.95. The lowest BCUT2D eigenvalue weighted by Crippen LogP contribution is -2.12. The maximum absolute atomic E-state index is 12.1. The maximum Gasteiger partial charge on any atom is 0.257 e. The number of anilines is 1. The Hall–Kier alpha value is -2.88. The Balaban J connectivity index is 1.82. The molecule has 0 radical (unpaired) electrons. The zero-order valence-electron chi connectivity index (χ0n) is 10.7. The van der Waals surface area contributed by atoms with E-state index in [0.29, 0.717) is 5.56 Å². The topological polar surface area (TPSA) is 46.9 Å². The molecule has 3 aromatic rings. The number of rotatable bonds is 3. The second-order valence-corrected chi connectivity index (χ2v) is 4.34. The van der Waals surface area contributed by atoms with Crippen molar-refractivity contribution in [3.05, 3.63) is 78.9 Å². The number of nitrogens with zero attached hydrogens (tertiary/aromatic N) is 2. The van der Waals surface area contributed by atoms with Crippen molar-refractivity contribution in [1.82, 2.24) is 9.55 Å². The molecule has 0 saturated heterocycles. The first kappa shape index (κ1) is 12.2. The van der Waals surface area contributed by atoms with Crippen molar-refractivity contribution >= 4 is 11.6 Å². The van der Waals surface area contributed by atoms with E-state index in [1.165, 1.54) is 0 Å². The van der Waals surface area contributed by atoms with Gasteiger partial charge in [0.2, 0.25) is 0 Å². The molecule has 1 amide bonds. The molecule has 0 saturated carbocycles. The molecular formula is C16H13N3O. The zero-order chi connectivity index (χ0) is 13.8. The van der Waals surface area contributed by atoms with Gasteiger partial charge in [0.15, 0.2) is 0 Å². The molecule has 4 nitrogen and oxygen atoms in total. The number of hydrogen-bond donors (Lipinski definition) is 1. The molecule has 4 heteroatoms. The second-order valence-electron chi connectivity index (χ2n) is 4.34. The van der Waals surface area contributed by atoms with Crippen LogP contribution in [0.3, 0.4) is 0 Å². The van der Waals surface area contributed by atoms with Gasteiger partial charge in [0, 0.05) is 36.2 Å². The van der Waals surface area contributed by atoms with Gasteiger partial charge < -0.3 is 9.88 Å². The van der Waals surface area contributed by atoms with Gasteiger partial charge in [-0.15, -0.1) is 0 Å². The van der Waals surface area contributed by atoms with E-state index in [1.807, 2.05) is 53.4 Å². The molecule has 98 valence electrons. The fraction of sp³-hybridized carbons (Fsp3) is 0. The van der Waals surface area contributed by atoms with Crippen LogP contribution in [0.2, 0.25) is 0 Å². The summed E-state index contributed by atoms with van der Waals surface area (Å²) in [6.07, 6.45) is 7.11. The van der Waals surface area contributed by atoms with Crippen LogP contribution in [0.25, 0.3) is 5.69 Å². The summed E-state index contributed by atoms with van der Waals surface area (Å²) in [5.41, 5.74) is 2.29. The average Bonchev–Trinajstić information content (AvgIpc) is 3.03. The summed E-state index contributed by atoms with van der Waals surface area (Å²) >= 11 is 0. The van der Waals surface area contributed by atoms with Gasteiger partial charge in [-0.2, -0.15) is 0 Å². The fourth-order valence-corrected chi connectivity index (χ4v) is 1.95. The minimum Gasteiger partial charge on any atom is -0.324 e. The number of hydrogen-bond acceptors (Lipinski definition) is 2. The van der Waals surface area contributed by atoms with E-state index in [2.05, 4.69) is 10.3 Å². The molecule has 2 aromatic heterocycles. The van der Waals surface area contributed by atoms with Crippen molar-refractivity contribution in [3.8, 4) is 5.69 Å². The molecule has 0 unspecified atom stereocenters. The molecule has 1 N–H and O–H groups in total. The normalized spacial score (nSPS) is 10.2. The summed E-state index contributed by atoms with van der Waals surface area (Å²) < 4.78 is 1.99. The number of benzene rings is 1. The van der Waals surface area contributed by atoms with Crippen LogP contribution in [0.5, 0.6) is 0 Å². The lowest BCUT2D eigenvalue weighted by molar-refractivity contribution is 0.102. The molecular weight excluding hydrogens is 250 g/mol. The van der Waals surface area contributed by atoms with Gasteiger partial charge in [0.1, 0.15) is 0 Å². The van der Waals surface area contributed by atoms with E-state index in [-0.39, 0.29) is 5.91 Å². The molecule has 3 rings (SSSR count). The lowest BCUT2D eigenvalue weighted by Gasteiger charge is -2.08. The first-order valence-electron chi connectivity index (χ1n) is 6.28. The van der Waals surface area contributed by atoms with Crippen molar-refractivity contribution in [1.29, 1.82) is 0 Å². The van der Waals surface area contributed by atoms with Gasteiger partial charge in [0.05, 0.1) is 5.56 Å². The number of aromatic nitrogens is 2. The molecule has 0 fully saturated rings. The van der Waals surface area contributed by atoms with Crippen LogP contribution in [-0.4, -0.2) is 15.5 Å². The van der Waals surface area contributed by atoms with Crippen LogP contribution in [-0.2, 0) is 0 Å². The highest BCUT2D eigenvalue weighted by Gasteiger charge is 2.06. The molecule has 0 aliphatic carbocycles. The Morgan fingerprint density at radius 1 is 1.05 bits per heavy atom. The van der Waals surface area contributed by atoms with Crippen LogP contribution in [0.15, 0.2) is 73.3 Å². The first-order chi connectivity index (χ1) is 9.83. The van der Waals surface area contributed by atoms with E-state index < -0.39 is 0 Å². The SMILES string of the molecule is O=C(Nc1cccc(-n2cccc2)c1)c1cccnc1. The highest BCUT2D eigenvalue weighted by atomic mass is 16.1. The number of carbonyl (C=O) groups is 1. The third kappa shape index (κ3) is 2.59. The Morgan fingerprint density at radius 2 is 1.90 bits per heavy atom. The van der Waals surface area contributed by atoms with Crippen LogP contribution in [0, 0.1) is 0 Å². The van der Waals surface area contributed by atoms with Gasteiger partial charge in [-0.3, -0.25) is 9.78 Å². The summed E-state index contributed by atoms with van der Waals surface area (Å²) in [6, 6.07) is 15.1. The summed E-state index contributed by atoms with van der Waals surface area (Å²) in [5.74, 6) is -0.164. The van der Waals surface area contributed by atoms with Crippen molar-refractivity contribution in [2.75, 3.05) is 5.32 Å². The van der Waals surface area contributed by atoms with Gasteiger partial charge in [-0.05, 0) is 42.5 Å². The molecule has 0 atom stereocenters. The Morgan fingerprint density at radius 3 is 2.65 bits per heavy atom.